The predicted octanol–water partition coefficient (Wildman–Crippen LogP) is 5.80. The van der Waals surface area contributed by atoms with E-state index in [0.29, 0.717) is 6.07 Å². The van der Waals surface area contributed by atoms with Gasteiger partial charge in [0, 0.05) is 6.07 Å². The van der Waals surface area contributed by atoms with E-state index in [9.17, 15) is 30.4 Å². The smallest absolute Gasteiger partial charge is 0.418 e. The molecule has 19 heavy (non-hydrogen) atoms. The van der Waals surface area contributed by atoms with E-state index in [1.807, 2.05) is 0 Å². The van der Waals surface area contributed by atoms with Gasteiger partial charge >= 0.3 is 19.1 Å². The van der Waals surface area contributed by atoms with Crippen LogP contribution < -0.4 is 0 Å². The maximum atomic E-state index is 12.2. The number of nitrogens with zero attached hydrogens (tertiary/aromatic N) is 2. The fourth-order valence-corrected chi connectivity index (χ4v) is 1.36. The lowest BCUT2D eigenvalue weighted by atomic mass is 10.2. The van der Waals surface area contributed by atoms with Gasteiger partial charge in [0.1, 0.15) is 5.02 Å². The molecule has 0 radical (unpaired) electrons. The molecule has 0 fully saturated rings. The standard InChI is InChI=1S/C7H2Cl2F3N2.BF4/c8-4-2-5(9)6(14-13)1-3(4)7(10,11)12;2-1(3,4)5/h1-2H;/q+1;-1. The minimum Gasteiger partial charge on any atom is -0.418 e. The van der Waals surface area contributed by atoms with E-state index < -0.39 is 24.0 Å². The molecule has 106 valence electrons. The quantitative estimate of drug-likeness (QED) is 0.336. The first-order valence-corrected chi connectivity index (χ1v) is 4.90. The Bertz CT molecular complexity index is 488. The summed E-state index contributed by atoms with van der Waals surface area (Å²) in [5.74, 6) is 0. The van der Waals surface area contributed by atoms with Gasteiger partial charge in [0.15, 0.2) is 4.98 Å². The summed E-state index contributed by atoms with van der Waals surface area (Å²) in [6, 6.07) is 1.45. The van der Waals surface area contributed by atoms with Crippen molar-refractivity contribution in [3.63, 3.8) is 0 Å². The Labute approximate surface area is 111 Å². The van der Waals surface area contributed by atoms with Gasteiger partial charge in [0.05, 0.1) is 10.6 Å². The number of halogens is 9. The van der Waals surface area contributed by atoms with Crippen LogP contribution in [0.5, 0.6) is 0 Å². The van der Waals surface area contributed by atoms with Crippen molar-refractivity contribution in [3.8, 4) is 0 Å². The summed E-state index contributed by atoms with van der Waals surface area (Å²) in [5.41, 5.74) is -1.46. The number of hydrogen-bond acceptors (Lipinski definition) is 1. The maximum absolute atomic E-state index is 12.2. The Morgan fingerprint density at radius 1 is 1.00 bits per heavy atom. The Kier molecular flexibility index (Phi) is 5.90. The molecule has 0 atom stereocenters. The first-order valence-electron chi connectivity index (χ1n) is 4.15. The molecule has 0 aliphatic rings. The van der Waals surface area contributed by atoms with Crippen LogP contribution in [0.3, 0.4) is 0 Å². The number of benzene rings is 1. The summed E-state index contributed by atoms with van der Waals surface area (Å²) in [6.07, 6.45) is -4.60. The highest BCUT2D eigenvalue weighted by Gasteiger charge is 2.36. The van der Waals surface area contributed by atoms with Crippen LogP contribution in [0.2, 0.25) is 10.0 Å². The van der Waals surface area contributed by atoms with E-state index in [1.54, 1.807) is 0 Å². The minimum atomic E-state index is -6.00. The summed E-state index contributed by atoms with van der Waals surface area (Å²) in [5, 5.41) is 7.65. The molecule has 0 saturated carbocycles. The summed E-state index contributed by atoms with van der Waals surface area (Å²) in [4.78, 5) is 2.59. The van der Waals surface area contributed by atoms with E-state index in [0.717, 1.165) is 6.07 Å². The topological polar surface area (TPSA) is 28.1 Å². The molecular weight excluding hydrogens is 327 g/mol. The molecule has 0 heterocycles. The van der Waals surface area contributed by atoms with Crippen molar-refractivity contribution in [2.75, 3.05) is 0 Å². The summed E-state index contributed by atoms with van der Waals surface area (Å²) in [6.45, 7) is 0. The third-order valence-electron chi connectivity index (χ3n) is 1.45. The van der Waals surface area contributed by atoms with Crippen molar-refractivity contribution in [2.24, 2.45) is 0 Å². The van der Waals surface area contributed by atoms with E-state index >= 15 is 0 Å². The molecule has 0 bridgehead atoms. The zero-order valence-corrected chi connectivity index (χ0v) is 10.0. The molecule has 1 rings (SSSR count). The van der Waals surface area contributed by atoms with Crippen molar-refractivity contribution < 1.29 is 30.4 Å². The minimum absolute atomic E-state index is 0.148. The molecule has 0 aliphatic heterocycles. The lowest BCUT2D eigenvalue weighted by molar-refractivity contribution is -0.137. The van der Waals surface area contributed by atoms with Crippen LogP contribution in [0.4, 0.5) is 36.1 Å². The van der Waals surface area contributed by atoms with Gasteiger partial charge in [-0.25, -0.2) is 0 Å². The Hall–Kier alpha value is -1.21. The second kappa shape index (κ2) is 6.30. The fourth-order valence-electron chi connectivity index (χ4n) is 0.831. The SMILES string of the molecule is F[B-](F)(F)F.N#[N+]c1cc(C(F)(F)F)c(Cl)cc1Cl. The van der Waals surface area contributed by atoms with E-state index in [4.69, 9.17) is 28.6 Å². The monoisotopic (exact) mass is 328 g/mol. The van der Waals surface area contributed by atoms with E-state index in [1.165, 1.54) is 0 Å². The molecule has 0 unspecified atom stereocenters. The van der Waals surface area contributed by atoms with Crippen molar-refractivity contribution in [1.29, 1.82) is 5.39 Å². The average molecular weight is 329 g/mol. The molecule has 0 amide bonds. The Morgan fingerprint density at radius 3 is 1.74 bits per heavy atom. The number of diazo groups is 1. The molecule has 0 aliphatic carbocycles. The Morgan fingerprint density at radius 2 is 1.42 bits per heavy atom. The third-order valence-corrected chi connectivity index (χ3v) is 2.07. The van der Waals surface area contributed by atoms with Gasteiger partial charge in [0.2, 0.25) is 5.39 Å². The molecule has 12 heteroatoms. The molecule has 1 aromatic carbocycles. The largest absolute Gasteiger partial charge is 0.673 e. The van der Waals surface area contributed by atoms with Gasteiger partial charge in [-0.3, -0.25) is 0 Å². The van der Waals surface area contributed by atoms with Gasteiger partial charge in [-0.2, -0.15) is 13.2 Å². The lowest BCUT2D eigenvalue weighted by Crippen LogP contribution is -2.05. The number of hydrogen-bond donors (Lipinski definition) is 0. The predicted molar refractivity (Wildman–Crippen MR) is 56.4 cm³/mol. The number of alkyl halides is 3. The molecule has 1 aromatic rings. The normalized spacial score (nSPS) is 11.4. The fraction of sp³-hybridized carbons (Fsp3) is 0.143. The summed E-state index contributed by atoms with van der Waals surface area (Å²) >= 11 is 10.8. The summed E-state index contributed by atoms with van der Waals surface area (Å²) < 4.78 is 75.7. The first-order chi connectivity index (χ1) is 8.36. The highest BCUT2D eigenvalue weighted by molar-refractivity contribution is 6.50. The van der Waals surface area contributed by atoms with Crippen LogP contribution in [0.15, 0.2) is 12.1 Å². The molecule has 2 nitrogen and oxygen atoms in total. The summed E-state index contributed by atoms with van der Waals surface area (Å²) in [7, 11) is -6.00. The van der Waals surface area contributed by atoms with Crippen LogP contribution >= 0.6 is 23.2 Å². The Balaban J connectivity index is 0.000000555. The molecule has 0 N–H and O–H groups in total. The van der Waals surface area contributed by atoms with Gasteiger partial charge in [-0.1, -0.05) is 23.2 Å². The average Bonchev–Trinajstić information content (AvgIpc) is 2.12. The second-order valence-corrected chi connectivity index (χ2v) is 3.69. The van der Waals surface area contributed by atoms with Crippen LogP contribution in [-0.2, 0) is 6.18 Å². The van der Waals surface area contributed by atoms with Crippen molar-refractivity contribution in [3.05, 3.63) is 32.7 Å². The van der Waals surface area contributed by atoms with Crippen LogP contribution in [0.1, 0.15) is 5.56 Å². The van der Waals surface area contributed by atoms with Crippen molar-refractivity contribution >= 4 is 36.1 Å². The highest BCUT2D eigenvalue weighted by atomic mass is 35.5. The molecule has 0 aromatic heterocycles. The lowest BCUT2D eigenvalue weighted by Gasteiger charge is -2.06. The van der Waals surface area contributed by atoms with Gasteiger partial charge in [-0.05, 0) is 6.07 Å². The van der Waals surface area contributed by atoms with E-state index in [-0.39, 0.29) is 10.7 Å². The third kappa shape index (κ3) is 7.08. The van der Waals surface area contributed by atoms with Crippen molar-refractivity contribution in [2.45, 2.75) is 6.18 Å². The molecule has 0 saturated heterocycles. The molecule has 0 spiro atoms. The van der Waals surface area contributed by atoms with Crippen molar-refractivity contribution in [1.82, 2.24) is 0 Å². The van der Waals surface area contributed by atoms with Gasteiger partial charge < -0.3 is 17.3 Å². The van der Waals surface area contributed by atoms with Crippen LogP contribution in [0.25, 0.3) is 4.98 Å². The molecular formula is C7H2BCl2F7N2. The highest BCUT2D eigenvalue weighted by Crippen LogP contribution is 2.40. The first kappa shape index (κ1) is 17.8. The van der Waals surface area contributed by atoms with Gasteiger partial charge in [0.25, 0.3) is 0 Å². The van der Waals surface area contributed by atoms with Crippen LogP contribution in [0, 0.1) is 5.39 Å². The van der Waals surface area contributed by atoms with Crippen LogP contribution in [-0.4, -0.2) is 7.25 Å². The maximum Gasteiger partial charge on any atom is 0.673 e. The van der Waals surface area contributed by atoms with Gasteiger partial charge in [-0.15, -0.1) is 0 Å². The van der Waals surface area contributed by atoms with E-state index in [2.05, 4.69) is 4.98 Å². The second-order valence-electron chi connectivity index (χ2n) is 2.88. The number of rotatable bonds is 0. The zero-order valence-electron chi connectivity index (χ0n) is 8.53. The zero-order chi connectivity index (χ0) is 15.4.